The zero-order valence-electron chi connectivity index (χ0n) is 10.9. The lowest BCUT2D eigenvalue weighted by molar-refractivity contribution is 0.0636. The fourth-order valence-corrected chi connectivity index (χ4v) is 1.85. The van der Waals surface area contributed by atoms with Crippen molar-refractivity contribution >= 4 is 23.2 Å². The topological polar surface area (TPSA) is 55.6 Å². The Bertz CT molecular complexity index is 421. The van der Waals surface area contributed by atoms with Crippen LogP contribution < -0.4 is 5.73 Å². The summed E-state index contributed by atoms with van der Waals surface area (Å²) in [6, 6.07) is 4.99. The summed E-state index contributed by atoms with van der Waals surface area (Å²) in [5.74, 6) is -0.101. The molecule has 0 aliphatic carbocycles. The van der Waals surface area contributed by atoms with Crippen LogP contribution in [0.2, 0.25) is 5.02 Å². The molecular formula is C13H19ClN2O2. The normalized spacial score (nSPS) is 10.7. The Morgan fingerprint density at radius 2 is 2.17 bits per heavy atom. The number of nitrogens with zero attached hydrogens (tertiary/aromatic N) is 1. The summed E-state index contributed by atoms with van der Waals surface area (Å²) >= 11 is 5.82. The Morgan fingerprint density at radius 3 is 2.67 bits per heavy atom. The zero-order chi connectivity index (χ0) is 13.7. The first-order valence-corrected chi connectivity index (χ1v) is 6.20. The molecule has 1 amide bonds. The second-order valence-corrected chi connectivity index (χ2v) is 4.75. The van der Waals surface area contributed by atoms with Crippen LogP contribution in [0.3, 0.4) is 0 Å². The molecule has 0 fully saturated rings. The molecule has 2 N–H and O–H groups in total. The molecule has 1 aromatic rings. The predicted octanol–water partition coefficient (Wildman–Crippen LogP) is 2.42. The highest BCUT2D eigenvalue weighted by atomic mass is 35.5. The Balaban J connectivity index is 2.94. The number of halogens is 1. The van der Waals surface area contributed by atoms with Gasteiger partial charge >= 0.3 is 0 Å². The smallest absolute Gasteiger partial charge is 0.256 e. The van der Waals surface area contributed by atoms with Gasteiger partial charge in [-0.15, -0.1) is 0 Å². The van der Waals surface area contributed by atoms with Gasteiger partial charge in [0, 0.05) is 30.4 Å². The lowest BCUT2D eigenvalue weighted by atomic mass is 10.1. The van der Waals surface area contributed by atoms with Gasteiger partial charge in [-0.1, -0.05) is 11.6 Å². The molecule has 0 saturated carbocycles. The predicted molar refractivity (Wildman–Crippen MR) is 73.9 cm³/mol. The molecule has 0 aromatic heterocycles. The molecule has 0 atom stereocenters. The number of nitrogen functional groups attached to an aromatic ring is 1. The SMILES string of the molecule is COCCN(C(=O)c1ccc(Cl)cc1N)C(C)C. The third-order valence-electron chi connectivity index (χ3n) is 2.66. The third-order valence-corrected chi connectivity index (χ3v) is 2.90. The van der Waals surface area contributed by atoms with Crippen LogP contribution in [-0.2, 0) is 4.74 Å². The molecule has 0 aliphatic heterocycles. The summed E-state index contributed by atoms with van der Waals surface area (Å²) < 4.78 is 5.01. The van der Waals surface area contributed by atoms with Gasteiger partial charge in [-0.25, -0.2) is 0 Å². The van der Waals surface area contributed by atoms with Gasteiger partial charge < -0.3 is 15.4 Å². The first-order valence-electron chi connectivity index (χ1n) is 5.82. The fraction of sp³-hybridized carbons (Fsp3) is 0.462. The van der Waals surface area contributed by atoms with Crippen molar-refractivity contribution in [2.75, 3.05) is 26.0 Å². The van der Waals surface area contributed by atoms with Crippen LogP contribution in [-0.4, -0.2) is 37.1 Å². The van der Waals surface area contributed by atoms with Crippen molar-refractivity contribution in [3.8, 4) is 0 Å². The van der Waals surface area contributed by atoms with E-state index in [1.54, 1.807) is 30.2 Å². The highest BCUT2D eigenvalue weighted by molar-refractivity contribution is 6.31. The number of hydrogen-bond donors (Lipinski definition) is 1. The van der Waals surface area contributed by atoms with Crippen LogP contribution in [0.25, 0.3) is 0 Å². The number of ether oxygens (including phenoxy) is 1. The Morgan fingerprint density at radius 1 is 1.50 bits per heavy atom. The van der Waals surface area contributed by atoms with Crippen LogP contribution in [0.15, 0.2) is 18.2 Å². The maximum Gasteiger partial charge on any atom is 0.256 e. The average Bonchev–Trinajstić information content (AvgIpc) is 2.28. The van der Waals surface area contributed by atoms with Gasteiger partial charge in [0.25, 0.3) is 5.91 Å². The van der Waals surface area contributed by atoms with Crippen molar-refractivity contribution < 1.29 is 9.53 Å². The van der Waals surface area contributed by atoms with Crippen molar-refractivity contribution in [1.29, 1.82) is 0 Å². The number of anilines is 1. The van der Waals surface area contributed by atoms with Crippen molar-refractivity contribution in [2.45, 2.75) is 19.9 Å². The standard InChI is InChI=1S/C13H19ClN2O2/c1-9(2)16(6-7-18-3)13(17)11-5-4-10(14)8-12(11)15/h4-5,8-9H,6-7,15H2,1-3H3. The van der Waals surface area contributed by atoms with Gasteiger partial charge in [-0.05, 0) is 32.0 Å². The van der Waals surface area contributed by atoms with E-state index in [2.05, 4.69) is 0 Å². The van der Waals surface area contributed by atoms with Gasteiger partial charge in [0.1, 0.15) is 0 Å². The lowest BCUT2D eigenvalue weighted by Gasteiger charge is -2.27. The number of hydrogen-bond acceptors (Lipinski definition) is 3. The van der Waals surface area contributed by atoms with E-state index in [-0.39, 0.29) is 11.9 Å². The largest absolute Gasteiger partial charge is 0.398 e. The Labute approximate surface area is 113 Å². The molecule has 100 valence electrons. The molecule has 1 rings (SSSR count). The van der Waals surface area contributed by atoms with Gasteiger partial charge in [-0.2, -0.15) is 0 Å². The van der Waals surface area contributed by atoms with E-state index in [1.807, 2.05) is 13.8 Å². The van der Waals surface area contributed by atoms with Crippen molar-refractivity contribution in [3.63, 3.8) is 0 Å². The molecule has 4 nitrogen and oxygen atoms in total. The van der Waals surface area contributed by atoms with Gasteiger partial charge in [0.05, 0.1) is 12.2 Å². The number of nitrogens with two attached hydrogens (primary N) is 1. The quantitative estimate of drug-likeness (QED) is 0.836. The molecular weight excluding hydrogens is 252 g/mol. The minimum atomic E-state index is -0.101. The third kappa shape index (κ3) is 3.62. The van der Waals surface area contributed by atoms with Gasteiger partial charge in [0.2, 0.25) is 0 Å². The minimum Gasteiger partial charge on any atom is -0.398 e. The highest BCUT2D eigenvalue weighted by Crippen LogP contribution is 2.20. The number of amides is 1. The molecule has 0 saturated heterocycles. The summed E-state index contributed by atoms with van der Waals surface area (Å²) in [5.41, 5.74) is 6.70. The number of carbonyl (C=O) groups excluding carboxylic acids is 1. The van der Waals surface area contributed by atoms with Gasteiger partial charge in [0.15, 0.2) is 0 Å². The average molecular weight is 271 g/mol. The molecule has 0 spiro atoms. The number of benzene rings is 1. The highest BCUT2D eigenvalue weighted by Gasteiger charge is 2.20. The van der Waals surface area contributed by atoms with Crippen molar-refractivity contribution in [3.05, 3.63) is 28.8 Å². The first kappa shape index (κ1) is 14.8. The van der Waals surface area contributed by atoms with Crippen LogP contribution in [0.5, 0.6) is 0 Å². The molecule has 0 aliphatic rings. The van der Waals surface area contributed by atoms with E-state index < -0.39 is 0 Å². The molecule has 0 radical (unpaired) electrons. The first-order chi connectivity index (χ1) is 8.47. The second kappa shape index (κ2) is 6.61. The molecule has 0 heterocycles. The van der Waals surface area contributed by atoms with Crippen molar-refractivity contribution in [2.24, 2.45) is 0 Å². The maximum atomic E-state index is 12.4. The van der Waals surface area contributed by atoms with Crippen LogP contribution in [0.4, 0.5) is 5.69 Å². The van der Waals surface area contributed by atoms with Crippen LogP contribution >= 0.6 is 11.6 Å². The number of methoxy groups -OCH3 is 1. The summed E-state index contributed by atoms with van der Waals surface area (Å²) in [7, 11) is 1.61. The molecule has 18 heavy (non-hydrogen) atoms. The summed E-state index contributed by atoms with van der Waals surface area (Å²) in [6.07, 6.45) is 0. The minimum absolute atomic E-state index is 0.0859. The molecule has 1 aromatic carbocycles. The molecule has 0 bridgehead atoms. The van der Waals surface area contributed by atoms with E-state index in [9.17, 15) is 4.79 Å². The van der Waals surface area contributed by atoms with E-state index >= 15 is 0 Å². The monoisotopic (exact) mass is 270 g/mol. The molecule has 5 heteroatoms. The summed E-state index contributed by atoms with van der Waals surface area (Å²) in [5, 5.41) is 0.525. The van der Waals surface area contributed by atoms with E-state index in [0.717, 1.165) is 0 Å². The summed E-state index contributed by atoms with van der Waals surface area (Å²) in [6.45, 7) is 4.95. The van der Waals surface area contributed by atoms with E-state index in [1.165, 1.54) is 0 Å². The van der Waals surface area contributed by atoms with E-state index in [4.69, 9.17) is 22.1 Å². The van der Waals surface area contributed by atoms with Crippen LogP contribution in [0, 0.1) is 0 Å². The Hall–Kier alpha value is -1.26. The number of carbonyl (C=O) groups is 1. The second-order valence-electron chi connectivity index (χ2n) is 4.32. The maximum absolute atomic E-state index is 12.4. The Kier molecular flexibility index (Phi) is 5.44. The fourth-order valence-electron chi connectivity index (χ4n) is 1.67. The lowest BCUT2D eigenvalue weighted by Crippen LogP contribution is -2.39. The molecule has 0 unspecified atom stereocenters. The van der Waals surface area contributed by atoms with Gasteiger partial charge in [-0.3, -0.25) is 4.79 Å². The van der Waals surface area contributed by atoms with Crippen molar-refractivity contribution in [1.82, 2.24) is 4.90 Å². The number of rotatable bonds is 5. The van der Waals surface area contributed by atoms with E-state index in [0.29, 0.717) is 29.4 Å². The summed E-state index contributed by atoms with van der Waals surface area (Å²) in [4.78, 5) is 14.1. The van der Waals surface area contributed by atoms with Crippen LogP contribution in [0.1, 0.15) is 24.2 Å². The zero-order valence-corrected chi connectivity index (χ0v) is 11.7.